The molecule has 0 aliphatic rings. The van der Waals surface area contributed by atoms with Gasteiger partial charge in [0.25, 0.3) is 0 Å². The highest BCUT2D eigenvalue weighted by atomic mass is 32.1. The van der Waals surface area contributed by atoms with Gasteiger partial charge in [-0.05, 0) is 44.5 Å². The summed E-state index contributed by atoms with van der Waals surface area (Å²) in [6.45, 7) is 7.30. The summed E-state index contributed by atoms with van der Waals surface area (Å²) in [6.07, 6.45) is 2.89. The van der Waals surface area contributed by atoms with E-state index in [4.69, 9.17) is 4.74 Å². The Morgan fingerprint density at radius 2 is 2.03 bits per heavy atom. The Kier molecular flexibility index (Phi) is 6.99. The predicted octanol–water partition coefficient (Wildman–Crippen LogP) is 4.26. The van der Waals surface area contributed by atoms with E-state index in [1.165, 1.54) is 23.5 Å². The van der Waals surface area contributed by atoms with E-state index in [0.29, 0.717) is 18.8 Å². The fourth-order valence-corrected chi connectivity index (χ4v) is 3.86. The number of nitrogens with one attached hydrogen (secondary N) is 1. The van der Waals surface area contributed by atoms with Gasteiger partial charge in [0.2, 0.25) is 5.91 Å². The van der Waals surface area contributed by atoms with E-state index in [9.17, 15) is 9.18 Å². The number of benzene rings is 1. The quantitative estimate of drug-likeness (QED) is 0.515. The number of hydrogen-bond acceptors (Lipinski definition) is 5. The molecule has 3 aromatic rings. The fourth-order valence-electron chi connectivity index (χ4n) is 3.03. The third-order valence-corrected chi connectivity index (χ3v) is 6.00. The molecular weight excluding hydrogens is 403 g/mol. The van der Waals surface area contributed by atoms with Crippen molar-refractivity contribution in [1.29, 1.82) is 0 Å². The van der Waals surface area contributed by atoms with Gasteiger partial charge in [0.15, 0.2) is 0 Å². The molecule has 6 nitrogen and oxygen atoms in total. The van der Waals surface area contributed by atoms with Crippen molar-refractivity contribution in [2.45, 2.75) is 39.2 Å². The fraction of sp³-hybridized carbons (Fsp3) is 0.409. The lowest BCUT2D eigenvalue weighted by atomic mass is 10.00. The van der Waals surface area contributed by atoms with Crippen LogP contribution in [0, 0.1) is 5.82 Å². The largest absolute Gasteiger partial charge is 0.383 e. The van der Waals surface area contributed by atoms with Gasteiger partial charge in [-0.3, -0.25) is 9.48 Å². The van der Waals surface area contributed by atoms with Crippen LogP contribution in [0.15, 0.2) is 35.8 Å². The lowest BCUT2D eigenvalue weighted by Gasteiger charge is -2.26. The highest BCUT2D eigenvalue weighted by Crippen LogP contribution is 2.37. The lowest BCUT2D eigenvalue weighted by Crippen LogP contribution is -2.28. The Balaban J connectivity index is 1.94. The summed E-state index contributed by atoms with van der Waals surface area (Å²) in [5.41, 5.74) is 3.13. The molecule has 0 aliphatic heterocycles. The highest BCUT2D eigenvalue weighted by Gasteiger charge is 2.26. The summed E-state index contributed by atoms with van der Waals surface area (Å²) in [5, 5.41) is 10.1. The van der Waals surface area contributed by atoms with E-state index >= 15 is 0 Å². The highest BCUT2D eigenvalue weighted by molar-refractivity contribution is 7.13. The molecule has 0 spiro atoms. The molecule has 0 atom stereocenters. The van der Waals surface area contributed by atoms with Gasteiger partial charge in [-0.25, -0.2) is 9.37 Å². The van der Waals surface area contributed by atoms with Crippen molar-refractivity contribution < 1.29 is 13.9 Å². The zero-order valence-electron chi connectivity index (χ0n) is 17.7. The topological polar surface area (TPSA) is 69.0 Å². The molecule has 0 radical (unpaired) electrons. The van der Waals surface area contributed by atoms with Gasteiger partial charge in [0.1, 0.15) is 10.8 Å². The van der Waals surface area contributed by atoms with Gasteiger partial charge in [-0.1, -0.05) is 6.92 Å². The molecular formula is C22H27FN4O2S. The molecule has 0 unspecified atom stereocenters. The van der Waals surface area contributed by atoms with E-state index < -0.39 is 0 Å². The number of ether oxygens (including phenoxy) is 1. The molecule has 2 heterocycles. The van der Waals surface area contributed by atoms with E-state index in [1.807, 2.05) is 10.1 Å². The third kappa shape index (κ3) is 4.94. The second-order valence-electron chi connectivity index (χ2n) is 7.66. The number of amides is 1. The molecule has 0 aliphatic carbocycles. The third-order valence-electron chi connectivity index (χ3n) is 5.08. The summed E-state index contributed by atoms with van der Waals surface area (Å²) in [4.78, 5) is 16.7. The second kappa shape index (κ2) is 9.49. The van der Waals surface area contributed by atoms with Crippen LogP contribution in [0.5, 0.6) is 0 Å². The molecule has 0 fully saturated rings. The van der Waals surface area contributed by atoms with E-state index in [-0.39, 0.29) is 23.7 Å². The molecule has 2 aromatic heterocycles. The zero-order valence-corrected chi connectivity index (χ0v) is 18.6. The molecule has 160 valence electrons. The minimum Gasteiger partial charge on any atom is -0.383 e. The first-order valence-electron chi connectivity index (χ1n) is 9.90. The monoisotopic (exact) mass is 430 g/mol. The number of nitrogens with zero attached hydrogens (tertiary/aromatic N) is 3. The Bertz CT molecular complexity index is 995. The number of methoxy groups -OCH3 is 1. The summed E-state index contributed by atoms with van der Waals surface area (Å²) < 4.78 is 20.4. The van der Waals surface area contributed by atoms with Gasteiger partial charge < -0.3 is 10.1 Å². The molecule has 1 aromatic carbocycles. The Labute approximate surface area is 180 Å². The normalized spacial score (nSPS) is 11.6. The van der Waals surface area contributed by atoms with Crippen LogP contribution in [0.3, 0.4) is 0 Å². The van der Waals surface area contributed by atoms with Crippen LogP contribution in [0.2, 0.25) is 0 Å². The molecule has 0 bridgehead atoms. The SMILES string of the molecule is CCC(C)(C)n1ncc(-c2nc(CC(=O)NCCOC)cs2)c1-c1ccc(F)cc1. The molecule has 1 amide bonds. The number of carbonyl (C=O) groups excluding carboxylic acids is 1. The Morgan fingerprint density at radius 1 is 1.30 bits per heavy atom. The van der Waals surface area contributed by atoms with Crippen LogP contribution in [-0.4, -0.2) is 40.9 Å². The first-order valence-corrected chi connectivity index (χ1v) is 10.8. The summed E-state index contributed by atoms with van der Waals surface area (Å²) in [5.74, 6) is -0.373. The van der Waals surface area contributed by atoms with Crippen LogP contribution in [0.1, 0.15) is 32.9 Å². The first kappa shape index (κ1) is 22.1. The predicted molar refractivity (Wildman–Crippen MR) is 117 cm³/mol. The van der Waals surface area contributed by atoms with Crippen LogP contribution in [0.25, 0.3) is 21.8 Å². The van der Waals surface area contributed by atoms with Crippen molar-refractivity contribution in [2.24, 2.45) is 0 Å². The molecule has 0 saturated heterocycles. The first-order chi connectivity index (χ1) is 14.4. The van der Waals surface area contributed by atoms with Gasteiger partial charge in [-0.15, -0.1) is 11.3 Å². The zero-order chi connectivity index (χ0) is 21.7. The number of aromatic nitrogens is 3. The van der Waals surface area contributed by atoms with Crippen molar-refractivity contribution in [3.63, 3.8) is 0 Å². The maximum Gasteiger partial charge on any atom is 0.226 e. The van der Waals surface area contributed by atoms with E-state index in [1.54, 1.807) is 25.4 Å². The van der Waals surface area contributed by atoms with Crippen molar-refractivity contribution >= 4 is 17.2 Å². The van der Waals surface area contributed by atoms with Crippen LogP contribution >= 0.6 is 11.3 Å². The van der Waals surface area contributed by atoms with Gasteiger partial charge >= 0.3 is 0 Å². The van der Waals surface area contributed by atoms with Crippen molar-refractivity contribution in [3.8, 4) is 21.8 Å². The van der Waals surface area contributed by atoms with Crippen LogP contribution in [-0.2, 0) is 21.5 Å². The Hall–Kier alpha value is -2.58. The maximum atomic E-state index is 13.5. The smallest absolute Gasteiger partial charge is 0.226 e. The number of thiazole rings is 1. The standard InChI is InChI=1S/C22H27FN4O2S/c1-5-22(2,3)27-20(15-6-8-16(23)9-7-15)18(13-25-27)21-26-17(14-30-21)12-19(28)24-10-11-29-4/h6-9,13-14H,5,10-12H2,1-4H3,(H,24,28). The number of rotatable bonds is 9. The minimum absolute atomic E-state index is 0.0922. The number of hydrogen-bond donors (Lipinski definition) is 1. The molecule has 30 heavy (non-hydrogen) atoms. The van der Waals surface area contributed by atoms with Crippen molar-refractivity contribution in [3.05, 3.63) is 47.4 Å². The Morgan fingerprint density at radius 3 is 2.70 bits per heavy atom. The summed E-state index contributed by atoms with van der Waals surface area (Å²) >= 11 is 1.47. The van der Waals surface area contributed by atoms with Crippen LogP contribution in [0.4, 0.5) is 4.39 Å². The summed E-state index contributed by atoms with van der Waals surface area (Å²) in [6, 6.07) is 6.42. The van der Waals surface area contributed by atoms with Gasteiger partial charge in [0.05, 0.1) is 41.7 Å². The average Bonchev–Trinajstić information content (AvgIpc) is 3.36. The van der Waals surface area contributed by atoms with E-state index in [2.05, 4.69) is 36.2 Å². The van der Waals surface area contributed by atoms with Gasteiger partial charge in [-0.2, -0.15) is 5.10 Å². The molecule has 0 saturated carbocycles. The molecule has 3 rings (SSSR count). The average molecular weight is 431 g/mol. The van der Waals surface area contributed by atoms with Crippen molar-refractivity contribution in [1.82, 2.24) is 20.1 Å². The van der Waals surface area contributed by atoms with Gasteiger partial charge in [0, 0.05) is 24.6 Å². The molecule has 1 N–H and O–H groups in total. The lowest BCUT2D eigenvalue weighted by molar-refractivity contribution is -0.120. The number of carbonyl (C=O) groups is 1. The second-order valence-corrected chi connectivity index (χ2v) is 8.51. The maximum absolute atomic E-state index is 13.5. The van der Waals surface area contributed by atoms with Crippen LogP contribution < -0.4 is 5.32 Å². The van der Waals surface area contributed by atoms with E-state index in [0.717, 1.165) is 28.2 Å². The summed E-state index contributed by atoms with van der Waals surface area (Å²) in [7, 11) is 1.59. The molecule has 8 heteroatoms. The number of halogens is 1. The minimum atomic E-state index is -0.280. The van der Waals surface area contributed by atoms with Crippen molar-refractivity contribution in [2.75, 3.05) is 20.3 Å².